The summed E-state index contributed by atoms with van der Waals surface area (Å²) in [5.74, 6) is 0.274. The molecule has 1 amide bonds. The van der Waals surface area contributed by atoms with Gasteiger partial charge in [0.2, 0.25) is 5.91 Å². The van der Waals surface area contributed by atoms with Crippen LogP contribution in [0.4, 0.5) is 0 Å². The molecule has 2 fully saturated rings. The zero-order valence-electron chi connectivity index (χ0n) is 10.6. The molecule has 2 aliphatic rings. The third kappa shape index (κ3) is 3.42. The van der Waals surface area contributed by atoms with Crippen molar-refractivity contribution in [1.29, 1.82) is 0 Å². The number of carbonyl (C=O) groups excluding carboxylic acids is 1. The predicted molar refractivity (Wildman–Crippen MR) is 66.6 cm³/mol. The van der Waals surface area contributed by atoms with Crippen LogP contribution in [0, 0.1) is 0 Å². The fourth-order valence-electron chi connectivity index (χ4n) is 2.65. The Labute approximate surface area is 103 Å². The summed E-state index contributed by atoms with van der Waals surface area (Å²) < 4.78 is 5.55. The smallest absolute Gasteiger partial charge is 0.222 e. The number of nitrogens with two attached hydrogens (primary N) is 1. The first-order valence-electron chi connectivity index (χ1n) is 6.92. The third-order valence-corrected chi connectivity index (χ3v) is 3.91. The second-order valence-corrected chi connectivity index (χ2v) is 5.13. The van der Waals surface area contributed by atoms with Crippen LogP contribution in [0.1, 0.15) is 44.9 Å². The van der Waals surface area contributed by atoms with Crippen LogP contribution >= 0.6 is 0 Å². The Bertz CT molecular complexity index is 248. The van der Waals surface area contributed by atoms with Crippen molar-refractivity contribution in [2.45, 2.75) is 57.1 Å². The van der Waals surface area contributed by atoms with Gasteiger partial charge in [-0.2, -0.15) is 0 Å². The van der Waals surface area contributed by atoms with Crippen molar-refractivity contribution in [2.24, 2.45) is 5.73 Å². The van der Waals surface area contributed by atoms with E-state index in [1.807, 2.05) is 4.90 Å². The molecule has 0 bridgehead atoms. The molecular weight excluding hydrogens is 216 g/mol. The first-order valence-corrected chi connectivity index (χ1v) is 6.92. The van der Waals surface area contributed by atoms with E-state index in [4.69, 9.17) is 10.5 Å². The van der Waals surface area contributed by atoms with E-state index in [0.717, 1.165) is 45.3 Å². The second kappa shape index (κ2) is 6.36. The standard InChI is InChI=1S/C13H24N2O2/c14-8-9-15(11-3-1-4-11)13(16)7-6-12-5-2-10-17-12/h11-12H,1-10,14H2. The molecular formula is C13H24N2O2. The summed E-state index contributed by atoms with van der Waals surface area (Å²) in [4.78, 5) is 14.1. The Hall–Kier alpha value is -0.610. The molecule has 1 saturated heterocycles. The molecule has 2 N–H and O–H groups in total. The highest BCUT2D eigenvalue weighted by atomic mass is 16.5. The Kier molecular flexibility index (Phi) is 4.80. The van der Waals surface area contributed by atoms with E-state index in [1.54, 1.807) is 0 Å². The maximum atomic E-state index is 12.1. The highest BCUT2D eigenvalue weighted by molar-refractivity contribution is 5.76. The van der Waals surface area contributed by atoms with Gasteiger partial charge < -0.3 is 15.4 Å². The van der Waals surface area contributed by atoms with Crippen LogP contribution < -0.4 is 5.73 Å². The van der Waals surface area contributed by atoms with Crippen LogP contribution in [0.5, 0.6) is 0 Å². The average Bonchev–Trinajstić information content (AvgIpc) is 2.75. The topological polar surface area (TPSA) is 55.6 Å². The van der Waals surface area contributed by atoms with Crippen LogP contribution in [0.15, 0.2) is 0 Å². The maximum absolute atomic E-state index is 12.1. The molecule has 1 saturated carbocycles. The van der Waals surface area contributed by atoms with Crippen molar-refractivity contribution in [3.05, 3.63) is 0 Å². The quantitative estimate of drug-likeness (QED) is 0.761. The van der Waals surface area contributed by atoms with Gasteiger partial charge in [0.05, 0.1) is 6.10 Å². The summed E-state index contributed by atoms with van der Waals surface area (Å²) in [5, 5.41) is 0. The lowest BCUT2D eigenvalue weighted by atomic mass is 9.91. The lowest BCUT2D eigenvalue weighted by molar-refractivity contribution is -0.135. The van der Waals surface area contributed by atoms with Gasteiger partial charge in [-0.3, -0.25) is 4.79 Å². The van der Waals surface area contributed by atoms with Gasteiger partial charge in [0.25, 0.3) is 0 Å². The van der Waals surface area contributed by atoms with Crippen LogP contribution in [0.3, 0.4) is 0 Å². The number of hydrogen-bond donors (Lipinski definition) is 1. The van der Waals surface area contributed by atoms with Crippen LogP contribution in [0.25, 0.3) is 0 Å². The minimum absolute atomic E-state index is 0.274. The third-order valence-electron chi connectivity index (χ3n) is 3.91. The summed E-state index contributed by atoms with van der Waals surface area (Å²) in [6, 6.07) is 0.468. The van der Waals surface area contributed by atoms with Gasteiger partial charge in [0, 0.05) is 32.2 Å². The molecule has 0 aromatic carbocycles. The van der Waals surface area contributed by atoms with Crippen molar-refractivity contribution in [3.63, 3.8) is 0 Å². The summed E-state index contributed by atoms with van der Waals surface area (Å²) in [7, 11) is 0. The summed E-state index contributed by atoms with van der Waals surface area (Å²) in [5.41, 5.74) is 5.58. The first kappa shape index (κ1) is 12.8. The van der Waals surface area contributed by atoms with Crippen molar-refractivity contribution in [1.82, 2.24) is 4.90 Å². The van der Waals surface area contributed by atoms with E-state index in [9.17, 15) is 4.79 Å². The second-order valence-electron chi connectivity index (χ2n) is 5.13. The molecule has 17 heavy (non-hydrogen) atoms. The van der Waals surface area contributed by atoms with E-state index in [0.29, 0.717) is 25.1 Å². The Morgan fingerprint density at radius 1 is 1.29 bits per heavy atom. The van der Waals surface area contributed by atoms with E-state index in [1.165, 1.54) is 6.42 Å². The Balaban J connectivity index is 1.74. The van der Waals surface area contributed by atoms with Gasteiger partial charge in [-0.25, -0.2) is 0 Å². The van der Waals surface area contributed by atoms with Crippen LogP contribution in [-0.4, -0.2) is 42.6 Å². The Morgan fingerprint density at radius 2 is 2.12 bits per heavy atom. The van der Waals surface area contributed by atoms with Gasteiger partial charge in [-0.15, -0.1) is 0 Å². The zero-order chi connectivity index (χ0) is 12.1. The number of nitrogens with zero attached hydrogens (tertiary/aromatic N) is 1. The molecule has 0 spiro atoms. The van der Waals surface area contributed by atoms with Gasteiger partial charge >= 0.3 is 0 Å². The highest BCUT2D eigenvalue weighted by Gasteiger charge is 2.28. The maximum Gasteiger partial charge on any atom is 0.222 e. The number of amides is 1. The molecule has 0 aromatic rings. The van der Waals surface area contributed by atoms with E-state index < -0.39 is 0 Å². The molecule has 1 aliphatic heterocycles. The van der Waals surface area contributed by atoms with Crippen molar-refractivity contribution in [3.8, 4) is 0 Å². The van der Waals surface area contributed by atoms with Gasteiger partial charge in [0.1, 0.15) is 0 Å². The largest absolute Gasteiger partial charge is 0.378 e. The van der Waals surface area contributed by atoms with E-state index >= 15 is 0 Å². The minimum Gasteiger partial charge on any atom is -0.378 e. The SMILES string of the molecule is NCCN(C(=O)CCC1CCCO1)C1CCC1. The lowest BCUT2D eigenvalue weighted by Gasteiger charge is -2.37. The molecule has 0 radical (unpaired) electrons. The monoisotopic (exact) mass is 240 g/mol. The van der Waals surface area contributed by atoms with Gasteiger partial charge in [0.15, 0.2) is 0 Å². The average molecular weight is 240 g/mol. The van der Waals surface area contributed by atoms with Crippen molar-refractivity contribution in [2.75, 3.05) is 19.7 Å². The summed E-state index contributed by atoms with van der Waals surface area (Å²) in [6.45, 7) is 2.16. The zero-order valence-corrected chi connectivity index (χ0v) is 10.6. The van der Waals surface area contributed by atoms with E-state index in [2.05, 4.69) is 0 Å². The number of rotatable bonds is 6. The molecule has 0 aromatic heterocycles. The van der Waals surface area contributed by atoms with Crippen LogP contribution in [-0.2, 0) is 9.53 Å². The first-order chi connectivity index (χ1) is 8.31. The number of carbonyl (C=O) groups is 1. The van der Waals surface area contributed by atoms with E-state index in [-0.39, 0.29) is 5.91 Å². The van der Waals surface area contributed by atoms with Crippen LogP contribution in [0.2, 0.25) is 0 Å². The lowest BCUT2D eigenvalue weighted by Crippen LogP contribution is -2.46. The number of ether oxygens (including phenoxy) is 1. The fraction of sp³-hybridized carbons (Fsp3) is 0.923. The normalized spacial score (nSPS) is 24.6. The Morgan fingerprint density at radius 3 is 2.65 bits per heavy atom. The van der Waals surface area contributed by atoms with Gasteiger partial charge in [-0.05, 0) is 38.5 Å². The molecule has 1 atom stereocenters. The molecule has 98 valence electrons. The molecule has 4 nitrogen and oxygen atoms in total. The molecule has 4 heteroatoms. The molecule has 2 rings (SSSR count). The minimum atomic E-state index is 0.274. The van der Waals surface area contributed by atoms with Gasteiger partial charge in [-0.1, -0.05) is 0 Å². The van der Waals surface area contributed by atoms with Crippen molar-refractivity contribution < 1.29 is 9.53 Å². The predicted octanol–water partition coefficient (Wildman–Crippen LogP) is 1.29. The highest BCUT2D eigenvalue weighted by Crippen LogP contribution is 2.26. The summed E-state index contributed by atoms with van der Waals surface area (Å²) in [6.07, 6.45) is 7.66. The molecule has 1 unspecified atom stereocenters. The molecule has 1 aliphatic carbocycles. The summed E-state index contributed by atoms with van der Waals surface area (Å²) >= 11 is 0. The fourth-order valence-corrected chi connectivity index (χ4v) is 2.65. The van der Waals surface area contributed by atoms with Crippen molar-refractivity contribution >= 4 is 5.91 Å². The molecule has 1 heterocycles. The number of hydrogen-bond acceptors (Lipinski definition) is 3.